The number of aliphatic hydroxyl groups is 7. The second-order valence-electron chi connectivity index (χ2n) is 17.1. The fourth-order valence-corrected chi connectivity index (χ4v) is 12.3. The Balaban J connectivity index is 0.00000583. The summed E-state index contributed by atoms with van der Waals surface area (Å²) in [5, 5.41) is 78.5. The molecule has 5 fully saturated rings. The van der Waals surface area contributed by atoms with Crippen molar-refractivity contribution in [2.45, 2.75) is 147 Å². The van der Waals surface area contributed by atoms with Crippen molar-refractivity contribution in [1.82, 2.24) is 0 Å². The van der Waals surface area contributed by atoms with Crippen molar-refractivity contribution in [3.63, 3.8) is 0 Å². The van der Waals surface area contributed by atoms with Crippen LogP contribution in [0.4, 0.5) is 0 Å². The number of ether oxygens (including phenoxy) is 3. The van der Waals surface area contributed by atoms with Crippen LogP contribution < -0.4 is 29.6 Å². The van der Waals surface area contributed by atoms with Crippen molar-refractivity contribution in [3.8, 4) is 0 Å². The normalized spacial score (nSPS) is 48.3. The number of methoxy groups -OCH3 is 1. The zero-order chi connectivity index (χ0) is 37.1. The van der Waals surface area contributed by atoms with Crippen LogP contribution in [0.1, 0.15) is 86.0 Å². The van der Waals surface area contributed by atoms with Gasteiger partial charge in [0.2, 0.25) is 10.4 Å². The summed E-state index contributed by atoms with van der Waals surface area (Å²) in [6, 6.07) is 0. The van der Waals surface area contributed by atoms with E-state index in [2.05, 4.69) is 13.8 Å². The van der Waals surface area contributed by atoms with Crippen LogP contribution in [-0.4, -0.2) is 130 Å². The van der Waals surface area contributed by atoms with Crippen molar-refractivity contribution in [1.29, 1.82) is 0 Å². The summed E-state index contributed by atoms with van der Waals surface area (Å²) >= 11 is 0. The Labute approximate surface area is 324 Å². The summed E-state index contributed by atoms with van der Waals surface area (Å²) in [6.07, 6.45) is -6.91. The maximum atomic E-state index is 12.7. The van der Waals surface area contributed by atoms with E-state index < -0.39 is 106 Å². The molecule has 0 radical (unpaired) electrons. The summed E-state index contributed by atoms with van der Waals surface area (Å²) in [4.78, 5) is 0. The fraction of sp³-hybridized carbons (Fsp3) is 1.00. The minimum atomic E-state index is -5.25. The maximum absolute atomic E-state index is 12.7. The van der Waals surface area contributed by atoms with Gasteiger partial charge in [-0.1, -0.05) is 41.0 Å². The van der Waals surface area contributed by atoms with Gasteiger partial charge in [-0.25, -0.2) is 8.42 Å². The van der Waals surface area contributed by atoms with Crippen LogP contribution in [0, 0.1) is 52.3 Å². The molecule has 4 aliphatic carbocycles. The van der Waals surface area contributed by atoms with Gasteiger partial charge in [-0.3, -0.25) is 4.18 Å². The Morgan fingerprint density at radius 2 is 1.51 bits per heavy atom. The molecule has 292 valence electrons. The van der Waals surface area contributed by atoms with Gasteiger partial charge < -0.3 is 54.5 Å². The molecule has 18 atom stereocenters. The van der Waals surface area contributed by atoms with Gasteiger partial charge in [0.15, 0.2) is 6.29 Å². The average Bonchev–Trinajstić information content (AvgIpc) is 3.22. The zero-order valence-corrected chi connectivity index (χ0v) is 34.0. The van der Waals surface area contributed by atoms with E-state index >= 15 is 0 Å². The molecule has 0 bridgehead atoms. The van der Waals surface area contributed by atoms with Crippen molar-refractivity contribution in [3.05, 3.63) is 0 Å². The SMILES string of the molecule is CO[C@@H]1CO[C@@H](OCC[C@H](CC[C@@H](C)C2[C@@H](O)[C@@H](O)C3[C@]2(C)CCC2[C@@]4(C)CC[C@H](O)[C@H](O)C4[C@@H](OS(=O)(=O)[O-])C[C@]23O)C(C)C)[C@H](O)[C@H]1O.[Na+]. The number of hydrogen-bond acceptors (Lipinski definition) is 14. The van der Waals surface area contributed by atoms with E-state index in [0.717, 1.165) is 6.42 Å². The average molecular weight is 761 g/mol. The number of rotatable bonds is 12. The Kier molecular flexibility index (Phi) is 14.3. The van der Waals surface area contributed by atoms with Gasteiger partial charge in [-0.2, -0.15) is 0 Å². The Morgan fingerprint density at radius 3 is 2.12 bits per heavy atom. The van der Waals surface area contributed by atoms with Gasteiger partial charge in [0.1, 0.15) is 18.3 Å². The van der Waals surface area contributed by atoms with Crippen LogP contribution in [0.5, 0.6) is 0 Å². The molecular weight excluding hydrogens is 699 g/mol. The van der Waals surface area contributed by atoms with Crippen molar-refractivity contribution in [2.24, 2.45) is 52.3 Å². The Morgan fingerprint density at radius 1 is 0.863 bits per heavy atom. The summed E-state index contributed by atoms with van der Waals surface area (Å²) in [6.45, 7) is 10.5. The van der Waals surface area contributed by atoms with Gasteiger partial charge in [0.25, 0.3) is 0 Å². The molecule has 0 aromatic carbocycles. The summed E-state index contributed by atoms with van der Waals surface area (Å²) < 4.78 is 57.3. The van der Waals surface area contributed by atoms with Crippen LogP contribution in [0.25, 0.3) is 0 Å². The van der Waals surface area contributed by atoms with Gasteiger partial charge in [-0.05, 0) is 78.9 Å². The molecular formula is C35H61NaO14S. The molecule has 1 aliphatic heterocycles. The molecule has 0 amide bonds. The summed E-state index contributed by atoms with van der Waals surface area (Å²) in [7, 11) is -3.81. The molecule has 16 heteroatoms. The predicted octanol–water partition coefficient (Wildman–Crippen LogP) is -2.32. The third kappa shape index (κ3) is 8.17. The van der Waals surface area contributed by atoms with Gasteiger partial charge in [0, 0.05) is 25.4 Å². The van der Waals surface area contributed by atoms with E-state index in [1.165, 1.54) is 7.11 Å². The van der Waals surface area contributed by atoms with Crippen LogP contribution >= 0.6 is 0 Å². The second kappa shape index (κ2) is 16.5. The number of fused-ring (bicyclic) bond motifs is 5. The molecule has 4 saturated carbocycles. The van der Waals surface area contributed by atoms with E-state index in [0.29, 0.717) is 44.6 Å². The quantitative estimate of drug-likeness (QED) is 0.0629. The van der Waals surface area contributed by atoms with Crippen LogP contribution in [0.3, 0.4) is 0 Å². The molecule has 7 N–H and O–H groups in total. The molecule has 1 saturated heterocycles. The first-order chi connectivity index (χ1) is 23.2. The molecule has 14 nitrogen and oxygen atoms in total. The van der Waals surface area contributed by atoms with Crippen LogP contribution in [0.15, 0.2) is 0 Å². The standard InChI is InChI=1S/C35H62O14S.Na/c1-17(2)19(11-14-47-32-30(41)27(38)22(46-6)16-48-32)8-7-18(3)24-28(39)29(40)31-34(24,5)13-10-23-33(4)12-9-20(36)26(37)25(33)21(15-35(23,31)42)49-50(43,44)45;/h17-32,36-42H,7-16H2,1-6H3,(H,43,44,45);/q;+1/p-1/t18-,19+,20+,21+,22-,23?,24?,25?,26+,27+,28-,29-,30-,31?,32-,33-,34-,35+;/m1./s1. The second-order valence-corrected chi connectivity index (χ2v) is 18.1. The molecule has 5 aliphatic rings. The van der Waals surface area contributed by atoms with E-state index in [1.807, 2.05) is 20.8 Å². The number of hydrogen-bond donors (Lipinski definition) is 7. The van der Waals surface area contributed by atoms with Crippen LogP contribution in [0.2, 0.25) is 0 Å². The van der Waals surface area contributed by atoms with Crippen LogP contribution in [-0.2, 0) is 28.8 Å². The number of aliphatic hydroxyl groups excluding tert-OH is 6. The van der Waals surface area contributed by atoms with E-state index in [9.17, 15) is 48.7 Å². The molecule has 51 heavy (non-hydrogen) atoms. The van der Waals surface area contributed by atoms with Gasteiger partial charge >= 0.3 is 29.6 Å². The molecule has 0 aromatic rings. The smallest absolute Gasteiger partial charge is 0.726 e. The molecule has 5 rings (SSSR count). The Hall–Kier alpha value is 0.470. The molecule has 0 aromatic heterocycles. The zero-order valence-electron chi connectivity index (χ0n) is 31.2. The van der Waals surface area contributed by atoms with Gasteiger partial charge in [-0.15, -0.1) is 0 Å². The minimum absolute atomic E-state index is 0. The van der Waals surface area contributed by atoms with E-state index in [4.69, 9.17) is 18.4 Å². The first kappa shape index (κ1) is 44.2. The third-order valence-corrected chi connectivity index (χ3v) is 14.7. The molecule has 1 heterocycles. The first-order valence-corrected chi connectivity index (χ1v) is 19.8. The maximum Gasteiger partial charge on any atom is 1.00 e. The third-order valence-electron chi connectivity index (χ3n) is 14.2. The van der Waals surface area contributed by atoms with E-state index in [1.54, 1.807) is 0 Å². The van der Waals surface area contributed by atoms with Crippen molar-refractivity contribution >= 4 is 10.4 Å². The molecule has 0 spiro atoms. The van der Waals surface area contributed by atoms with Gasteiger partial charge in [0.05, 0.1) is 49.3 Å². The van der Waals surface area contributed by atoms with Crippen molar-refractivity contribution in [2.75, 3.05) is 20.3 Å². The summed E-state index contributed by atoms with van der Waals surface area (Å²) in [5.41, 5.74) is -3.37. The molecule has 4 unspecified atom stereocenters. The topological polar surface area (TPSA) is 236 Å². The fourth-order valence-electron chi connectivity index (χ4n) is 11.8. The van der Waals surface area contributed by atoms with Crippen molar-refractivity contribution < 1.29 is 96.7 Å². The first-order valence-electron chi connectivity index (χ1n) is 18.4. The minimum Gasteiger partial charge on any atom is -0.726 e. The Bertz CT molecular complexity index is 1280. The monoisotopic (exact) mass is 760 g/mol. The predicted molar refractivity (Wildman–Crippen MR) is 177 cm³/mol. The summed E-state index contributed by atoms with van der Waals surface area (Å²) in [5.74, 6) is -2.26. The largest absolute Gasteiger partial charge is 1.00 e. The van der Waals surface area contributed by atoms with E-state index in [-0.39, 0.29) is 60.8 Å².